The van der Waals surface area contributed by atoms with Gasteiger partial charge in [-0.05, 0) is 34.5 Å². The molecule has 3 nitrogen and oxygen atoms in total. The molecule has 1 heterocycles. The molecule has 4 heteroatoms. The molecular weight excluding hydrogens is 258 g/mol. The van der Waals surface area contributed by atoms with E-state index in [4.69, 9.17) is 15.2 Å². The normalized spacial score (nSPS) is 23.5. The van der Waals surface area contributed by atoms with E-state index in [-0.39, 0.29) is 12.1 Å². The van der Waals surface area contributed by atoms with Crippen LogP contribution in [0.3, 0.4) is 0 Å². The second-order valence-electron chi connectivity index (χ2n) is 3.62. The summed E-state index contributed by atoms with van der Waals surface area (Å²) in [6.07, 6.45) is 0.980. The summed E-state index contributed by atoms with van der Waals surface area (Å²) in [6, 6.07) is 3.78. The molecule has 0 spiro atoms. The van der Waals surface area contributed by atoms with Crippen molar-refractivity contribution in [2.45, 2.75) is 25.5 Å². The Morgan fingerprint density at radius 1 is 1.53 bits per heavy atom. The van der Waals surface area contributed by atoms with Crippen LogP contribution in [0.2, 0.25) is 0 Å². The second-order valence-corrected chi connectivity index (χ2v) is 4.47. The van der Waals surface area contributed by atoms with E-state index in [1.807, 2.05) is 12.1 Å². The van der Waals surface area contributed by atoms with Gasteiger partial charge in [0.2, 0.25) is 0 Å². The summed E-state index contributed by atoms with van der Waals surface area (Å²) < 4.78 is 11.9. The quantitative estimate of drug-likeness (QED) is 0.900. The molecule has 0 bridgehead atoms. The van der Waals surface area contributed by atoms with Gasteiger partial charge in [0.1, 0.15) is 17.6 Å². The Balaban J connectivity index is 2.45. The van der Waals surface area contributed by atoms with E-state index in [1.165, 1.54) is 0 Å². The Hall–Kier alpha value is -0.740. The summed E-state index contributed by atoms with van der Waals surface area (Å²) in [4.78, 5) is 0. The molecule has 1 aliphatic rings. The van der Waals surface area contributed by atoms with Gasteiger partial charge in [0.15, 0.2) is 0 Å². The van der Waals surface area contributed by atoms with E-state index in [9.17, 15) is 0 Å². The molecule has 82 valence electrons. The number of hydrogen-bond donors (Lipinski definition) is 1. The first-order valence-electron chi connectivity index (χ1n) is 4.97. The number of halogens is 1. The van der Waals surface area contributed by atoms with Crippen molar-refractivity contribution in [1.29, 1.82) is 0 Å². The highest BCUT2D eigenvalue weighted by molar-refractivity contribution is 9.10. The largest absolute Gasteiger partial charge is 0.497 e. The van der Waals surface area contributed by atoms with Crippen molar-refractivity contribution < 1.29 is 9.47 Å². The van der Waals surface area contributed by atoms with E-state index in [1.54, 1.807) is 7.11 Å². The molecular formula is C11H14BrNO2. The van der Waals surface area contributed by atoms with E-state index >= 15 is 0 Å². The van der Waals surface area contributed by atoms with Crippen LogP contribution in [0.1, 0.15) is 24.9 Å². The first-order chi connectivity index (χ1) is 7.17. The minimum Gasteiger partial charge on any atom is -0.497 e. The first kappa shape index (κ1) is 10.8. The van der Waals surface area contributed by atoms with E-state index < -0.39 is 0 Å². The van der Waals surface area contributed by atoms with E-state index in [0.29, 0.717) is 0 Å². The number of hydrogen-bond acceptors (Lipinski definition) is 3. The van der Waals surface area contributed by atoms with Gasteiger partial charge in [-0.1, -0.05) is 6.92 Å². The minimum absolute atomic E-state index is 0.0589. The maximum atomic E-state index is 6.09. The zero-order valence-corrected chi connectivity index (χ0v) is 10.4. The van der Waals surface area contributed by atoms with Gasteiger partial charge in [-0.25, -0.2) is 0 Å². The van der Waals surface area contributed by atoms with Crippen LogP contribution < -0.4 is 15.2 Å². The topological polar surface area (TPSA) is 44.5 Å². The van der Waals surface area contributed by atoms with Gasteiger partial charge in [0.05, 0.1) is 17.6 Å². The molecule has 2 rings (SSSR count). The van der Waals surface area contributed by atoms with Crippen molar-refractivity contribution in [3.8, 4) is 11.5 Å². The Morgan fingerprint density at radius 3 is 2.87 bits per heavy atom. The fourth-order valence-electron chi connectivity index (χ4n) is 1.84. The molecule has 1 aromatic rings. The molecule has 0 aromatic heterocycles. The highest BCUT2D eigenvalue weighted by Gasteiger charge is 2.32. The highest BCUT2D eigenvalue weighted by Crippen LogP contribution is 2.43. The Morgan fingerprint density at radius 2 is 2.27 bits per heavy atom. The predicted octanol–water partition coefficient (Wildman–Crippen LogP) is 2.63. The first-order valence-corrected chi connectivity index (χ1v) is 5.76. The maximum absolute atomic E-state index is 6.09. The monoisotopic (exact) mass is 271 g/mol. The van der Waals surface area contributed by atoms with Crippen LogP contribution in [0.15, 0.2) is 16.6 Å². The molecule has 0 fully saturated rings. The van der Waals surface area contributed by atoms with Crippen molar-refractivity contribution in [3.05, 3.63) is 22.2 Å². The fourth-order valence-corrected chi connectivity index (χ4v) is 2.39. The summed E-state index contributed by atoms with van der Waals surface area (Å²) in [5.74, 6) is 1.66. The highest BCUT2D eigenvalue weighted by atomic mass is 79.9. The lowest BCUT2D eigenvalue weighted by Gasteiger charge is -2.11. The number of fused-ring (bicyclic) bond motifs is 1. The molecule has 0 saturated heterocycles. The molecule has 15 heavy (non-hydrogen) atoms. The molecule has 0 amide bonds. The molecule has 0 saturated carbocycles. The van der Waals surface area contributed by atoms with Crippen LogP contribution in [-0.4, -0.2) is 13.2 Å². The van der Waals surface area contributed by atoms with Gasteiger partial charge in [0, 0.05) is 5.56 Å². The Bertz CT molecular complexity index is 381. The van der Waals surface area contributed by atoms with Crippen molar-refractivity contribution >= 4 is 15.9 Å². The van der Waals surface area contributed by atoms with Crippen LogP contribution in [0.25, 0.3) is 0 Å². The summed E-state index contributed by atoms with van der Waals surface area (Å²) in [7, 11) is 1.65. The van der Waals surface area contributed by atoms with E-state index in [0.717, 1.165) is 28.0 Å². The van der Waals surface area contributed by atoms with Gasteiger partial charge in [0.25, 0.3) is 0 Å². The van der Waals surface area contributed by atoms with Gasteiger partial charge < -0.3 is 15.2 Å². The Kier molecular flexibility index (Phi) is 2.89. The molecule has 2 N–H and O–H groups in total. The number of ether oxygens (including phenoxy) is 2. The molecule has 1 aromatic carbocycles. The van der Waals surface area contributed by atoms with Gasteiger partial charge >= 0.3 is 0 Å². The minimum atomic E-state index is -0.0589. The van der Waals surface area contributed by atoms with Crippen molar-refractivity contribution in [2.75, 3.05) is 7.11 Å². The van der Waals surface area contributed by atoms with Crippen molar-refractivity contribution in [3.63, 3.8) is 0 Å². The standard InChI is InChI=1S/C11H14BrNO2/c1-3-9-10(13)7-4-6(14-2)5-8(12)11(7)15-9/h4-5,9-10H,3,13H2,1-2H3. The Labute approximate surface area is 97.7 Å². The molecule has 0 radical (unpaired) electrons. The zero-order valence-electron chi connectivity index (χ0n) is 8.79. The van der Waals surface area contributed by atoms with Gasteiger partial charge in [-0.3, -0.25) is 0 Å². The molecule has 2 atom stereocenters. The van der Waals surface area contributed by atoms with Crippen molar-refractivity contribution in [2.24, 2.45) is 5.73 Å². The van der Waals surface area contributed by atoms with Gasteiger partial charge in [-0.15, -0.1) is 0 Å². The van der Waals surface area contributed by atoms with E-state index in [2.05, 4.69) is 22.9 Å². The maximum Gasteiger partial charge on any atom is 0.139 e. The number of methoxy groups -OCH3 is 1. The predicted molar refractivity (Wildman–Crippen MR) is 62.3 cm³/mol. The lowest BCUT2D eigenvalue weighted by molar-refractivity contribution is 0.201. The summed E-state index contributed by atoms with van der Waals surface area (Å²) in [6.45, 7) is 2.07. The third-order valence-corrected chi connectivity index (χ3v) is 3.30. The molecule has 2 unspecified atom stereocenters. The fraction of sp³-hybridized carbons (Fsp3) is 0.455. The van der Waals surface area contributed by atoms with Crippen LogP contribution in [0.4, 0.5) is 0 Å². The second kappa shape index (κ2) is 4.02. The molecule has 1 aliphatic heterocycles. The number of rotatable bonds is 2. The summed E-state index contributed by atoms with van der Waals surface area (Å²) in [5, 5.41) is 0. The van der Waals surface area contributed by atoms with Crippen molar-refractivity contribution in [1.82, 2.24) is 0 Å². The van der Waals surface area contributed by atoms with Crippen LogP contribution in [0, 0.1) is 0 Å². The van der Waals surface area contributed by atoms with Crippen LogP contribution in [-0.2, 0) is 0 Å². The number of nitrogens with two attached hydrogens (primary N) is 1. The SMILES string of the molecule is CCC1Oc2c(Br)cc(OC)cc2C1N. The zero-order chi connectivity index (χ0) is 11.0. The van der Waals surface area contributed by atoms with Crippen LogP contribution in [0.5, 0.6) is 11.5 Å². The lowest BCUT2D eigenvalue weighted by Crippen LogP contribution is -2.24. The number of benzene rings is 1. The average molecular weight is 272 g/mol. The summed E-state index contributed by atoms with van der Waals surface area (Å²) in [5.41, 5.74) is 7.11. The smallest absolute Gasteiger partial charge is 0.139 e. The molecule has 0 aliphatic carbocycles. The average Bonchev–Trinajstić information content (AvgIpc) is 2.56. The summed E-state index contributed by atoms with van der Waals surface area (Å²) >= 11 is 3.46. The lowest BCUT2D eigenvalue weighted by atomic mass is 10.0. The van der Waals surface area contributed by atoms with Crippen LogP contribution >= 0.6 is 15.9 Å². The van der Waals surface area contributed by atoms with Gasteiger partial charge in [-0.2, -0.15) is 0 Å². The third-order valence-electron chi connectivity index (χ3n) is 2.71. The third kappa shape index (κ3) is 1.72.